The van der Waals surface area contributed by atoms with Crippen LogP contribution in [-0.2, 0) is 9.53 Å². The number of aromatic amines is 1. The zero-order valence-electron chi connectivity index (χ0n) is 12.1. The molecule has 0 aromatic carbocycles. The molecule has 0 radical (unpaired) electrons. The number of carbonyl (C=O) groups excluding carboxylic acids is 1. The van der Waals surface area contributed by atoms with Crippen LogP contribution in [0.4, 0.5) is 0 Å². The van der Waals surface area contributed by atoms with E-state index in [0.29, 0.717) is 31.1 Å². The number of fused-ring (bicyclic) bond motifs is 1. The lowest BCUT2D eigenvalue weighted by Crippen LogP contribution is -2.43. The molecule has 1 aliphatic rings. The monoisotopic (exact) mass is 306 g/mol. The first-order valence-electron chi connectivity index (χ1n) is 7.02. The predicted molar refractivity (Wildman–Crippen MR) is 81.8 cm³/mol. The van der Waals surface area contributed by atoms with E-state index in [-0.39, 0.29) is 11.9 Å². The van der Waals surface area contributed by atoms with Gasteiger partial charge in [-0.2, -0.15) is 0 Å². The quantitative estimate of drug-likeness (QED) is 0.860. The van der Waals surface area contributed by atoms with Crippen molar-refractivity contribution in [1.29, 1.82) is 0 Å². The summed E-state index contributed by atoms with van der Waals surface area (Å²) in [5.74, 6) is 0.0543. The van der Waals surface area contributed by atoms with E-state index in [1.54, 1.807) is 10.8 Å². The molecule has 3 rings (SSSR count). The first kappa shape index (κ1) is 14.2. The highest BCUT2D eigenvalue weighted by molar-refractivity contribution is 7.71. The highest BCUT2D eigenvalue weighted by Crippen LogP contribution is 2.21. The molecule has 1 saturated heterocycles. The summed E-state index contributed by atoms with van der Waals surface area (Å²) in [5.41, 5.74) is 2.69. The number of hydrogen-bond acceptors (Lipinski definition) is 4. The van der Waals surface area contributed by atoms with Crippen molar-refractivity contribution in [2.45, 2.75) is 19.9 Å². The van der Waals surface area contributed by atoms with E-state index >= 15 is 0 Å². The van der Waals surface area contributed by atoms with Gasteiger partial charge in [0.1, 0.15) is 6.04 Å². The Balaban J connectivity index is 1.99. The zero-order valence-corrected chi connectivity index (χ0v) is 12.9. The van der Waals surface area contributed by atoms with Crippen LogP contribution >= 0.6 is 12.2 Å². The maximum atomic E-state index is 12.6. The molecule has 7 heteroatoms. The predicted octanol–water partition coefficient (Wildman–Crippen LogP) is 1.82. The van der Waals surface area contributed by atoms with Crippen molar-refractivity contribution in [1.82, 2.24) is 19.4 Å². The molecule has 6 nitrogen and oxygen atoms in total. The first-order chi connectivity index (χ1) is 10.1. The topological polar surface area (TPSA) is 63.2 Å². The Bertz CT molecular complexity index is 730. The average molecular weight is 306 g/mol. The van der Waals surface area contributed by atoms with Gasteiger partial charge in [-0.05, 0) is 37.7 Å². The Labute approximate surface area is 127 Å². The van der Waals surface area contributed by atoms with Gasteiger partial charge in [0.05, 0.1) is 18.7 Å². The molecule has 1 amide bonds. The number of aromatic nitrogens is 3. The summed E-state index contributed by atoms with van der Waals surface area (Å²) >= 11 is 5.38. The number of aryl methyl sites for hydroxylation is 1. The summed E-state index contributed by atoms with van der Waals surface area (Å²) in [7, 11) is 0. The van der Waals surface area contributed by atoms with Crippen LogP contribution in [-0.4, -0.2) is 51.6 Å². The van der Waals surface area contributed by atoms with Gasteiger partial charge >= 0.3 is 0 Å². The highest BCUT2D eigenvalue weighted by atomic mass is 32.1. The van der Waals surface area contributed by atoms with Crippen molar-refractivity contribution < 1.29 is 9.53 Å². The second-order valence-electron chi connectivity index (χ2n) is 5.24. The van der Waals surface area contributed by atoms with Crippen LogP contribution in [0.2, 0.25) is 0 Å². The van der Waals surface area contributed by atoms with Crippen LogP contribution in [0.1, 0.15) is 18.5 Å². The molecule has 2 aromatic rings. The summed E-state index contributed by atoms with van der Waals surface area (Å²) in [4.78, 5) is 22.0. The number of amides is 1. The second kappa shape index (κ2) is 5.57. The van der Waals surface area contributed by atoms with Crippen LogP contribution < -0.4 is 0 Å². The number of morpholine rings is 1. The van der Waals surface area contributed by atoms with E-state index in [0.717, 1.165) is 16.7 Å². The van der Waals surface area contributed by atoms with E-state index in [4.69, 9.17) is 17.0 Å². The molecule has 21 heavy (non-hydrogen) atoms. The standard InChI is InChI=1S/C14H18N4O2S/c1-9-3-4-15-12-11(9)16-14(21)18(12)10(2)13(19)17-5-7-20-8-6-17/h3-4,10H,5-8H2,1-2H3,(H,16,21). The number of nitrogens with one attached hydrogen (secondary N) is 1. The molecule has 0 bridgehead atoms. The molecule has 1 unspecified atom stereocenters. The number of hydrogen-bond donors (Lipinski definition) is 1. The molecule has 3 heterocycles. The minimum atomic E-state index is -0.376. The third-order valence-electron chi connectivity index (χ3n) is 3.89. The summed E-state index contributed by atoms with van der Waals surface area (Å²) in [6, 6.07) is 1.55. The maximum absolute atomic E-state index is 12.6. The van der Waals surface area contributed by atoms with E-state index in [2.05, 4.69) is 9.97 Å². The Morgan fingerprint density at radius 2 is 2.19 bits per heavy atom. The van der Waals surface area contributed by atoms with Crippen LogP contribution in [0.25, 0.3) is 11.2 Å². The number of carbonyl (C=O) groups is 1. The largest absolute Gasteiger partial charge is 0.378 e. The number of rotatable bonds is 2. The molecule has 1 N–H and O–H groups in total. The molecule has 1 fully saturated rings. The Morgan fingerprint density at radius 3 is 2.90 bits per heavy atom. The molecule has 0 spiro atoms. The lowest BCUT2D eigenvalue weighted by molar-refractivity contribution is -0.138. The first-order valence-corrected chi connectivity index (χ1v) is 7.43. The van der Waals surface area contributed by atoms with Gasteiger partial charge in [0.25, 0.3) is 0 Å². The van der Waals surface area contributed by atoms with Gasteiger partial charge in [-0.15, -0.1) is 0 Å². The molecular weight excluding hydrogens is 288 g/mol. The van der Waals surface area contributed by atoms with Gasteiger partial charge in [-0.3, -0.25) is 9.36 Å². The van der Waals surface area contributed by atoms with Crippen molar-refractivity contribution in [3.8, 4) is 0 Å². The maximum Gasteiger partial charge on any atom is 0.245 e. The summed E-state index contributed by atoms with van der Waals surface area (Å²) < 4.78 is 7.62. The van der Waals surface area contributed by atoms with E-state index in [9.17, 15) is 4.79 Å². The Hall–Kier alpha value is -1.73. The molecule has 112 valence electrons. The second-order valence-corrected chi connectivity index (χ2v) is 5.63. The zero-order chi connectivity index (χ0) is 15.0. The fourth-order valence-corrected chi connectivity index (χ4v) is 3.01. The fourth-order valence-electron chi connectivity index (χ4n) is 2.66. The van der Waals surface area contributed by atoms with E-state index < -0.39 is 0 Å². The molecular formula is C14H18N4O2S. The van der Waals surface area contributed by atoms with E-state index in [1.165, 1.54) is 0 Å². The summed E-state index contributed by atoms with van der Waals surface area (Å²) in [5, 5.41) is 0. The molecule has 0 aliphatic carbocycles. The number of H-pyrrole nitrogens is 1. The van der Waals surface area contributed by atoms with Crippen molar-refractivity contribution in [2.24, 2.45) is 0 Å². The minimum Gasteiger partial charge on any atom is -0.378 e. The number of nitrogens with zero attached hydrogens (tertiary/aromatic N) is 3. The van der Waals surface area contributed by atoms with Crippen molar-refractivity contribution >= 4 is 29.3 Å². The van der Waals surface area contributed by atoms with Crippen molar-refractivity contribution in [3.05, 3.63) is 22.6 Å². The number of imidazole rings is 1. The van der Waals surface area contributed by atoms with Gasteiger partial charge in [-0.25, -0.2) is 4.98 Å². The molecule has 2 aromatic heterocycles. The Morgan fingerprint density at radius 1 is 1.48 bits per heavy atom. The van der Waals surface area contributed by atoms with E-state index in [1.807, 2.05) is 24.8 Å². The van der Waals surface area contributed by atoms with Gasteiger partial charge < -0.3 is 14.6 Å². The van der Waals surface area contributed by atoms with Gasteiger partial charge in [0.2, 0.25) is 5.91 Å². The van der Waals surface area contributed by atoms with Gasteiger partial charge in [0.15, 0.2) is 10.4 Å². The molecule has 0 saturated carbocycles. The average Bonchev–Trinajstić information content (AvgIpc) is 2.84. The third kappa shape index (κ3) is 2.47. The van der Waals surface area contributed by atoms with Crippen LogP contribution in [0, 0.1) is 11.7 Å². The van der Waals surface area contributed by atoms with Crippen molar-refractivity contribution in [2.75, 3.05) is 26.3 Å². The lowest BCUT2D eigenvalue weighted by atomic mass is 10.2. The third-order valence-corrected chi connectivity index (χ3v) is 4.18. The minimum absolute atomic E-state index is 0.0543. The molecule has 1 aliphatic heterocycles. The van der Waals surface area contributed by atoms with Gasteiger partial charge in [0, 0.05) is 19.3 Å². The van der Waals surface area contributed by atoms with Crippen LogP contribution in [0.15, 0.2) is 12.3 Å². The SMILES string of the molecule is Cc1ccnc2c1[nH]c(=S)n2C(C)C(=O)N1CCOCC1. The normalized spacial score (nSPS) is 17.1. The smallest absolute Gasteiger partial charge is 0.245 e. The fraction of sp³-hybridized carbons (Fsp3) is 0.500. The van der Waals surface area contributed by atoms with Gasteiger partial charge in [-0.1, -0.05) is 0 Å². The number of ether oxygens (including phenoxy) is 1. The van der Waals surface area contributed by atoms with Crippen LogP contribution in [0.5, 0.6) is 0 Å². The van der Waals surface area contributed by atoms with Crippen molar-refractivity contribution in [3.63, 3.8) is 0 Å². The number of pyridine rings is 1. The lowest BCUT2D eigenvalue weighted by Gasteiger charge is -2.29. The summed E-state index contributed by atoms with van der Waals surface area (Å²) in [6.45, 7) is 6.31. The summed E-state index contributed by atoms with van der Waals surface area (Å²) in [6.07, 6.45) is 1.74. The highest BCUT2D eigenvalue weighted by Gasteiger charge is 2.25. The Kier molecular flexibility index (Phi) is 3.77. The van der Waals surface area contributed by atoms with Crippen LogP contribution in [0.3, 0.4) is 0 Å². The molecule has 1 atom stereocenters.